The van der Waals surface area contributed by atoms with Crippen molar-refractivity contribution in [1.29, 1.82) is 0 Å². The van der Waals surface area contributed by atoms with E-state index in [-0.39, 0.29) is 43.7 Å². The number of aliphatic hydroxyl groups is 3. The summed E-state index contributed by atoms with van der Waals surface area (Å²) in [4.78, 5) is 47.3. The van der Waals surface area contributed by atoms with E-state index in [1.165, 1.54) is 6.92 Å². The first kappa shape index (κ1) is 38.7. The first-order valence-electron chi connectivity index (χ1n) is 15.5. The number of amides is 4. The largest absolute Gasteiger partial charge is 0.394 e. The van der Waals surface area contributed by atoms with E-state index < -0.39 is 43.2 Å². The van der Waals surface area contributed by atoms with Crippen LogP contribution in [0.2, 0.25) is 0 Å². The van der Waals surface area contributed by atoms with E-state index in [0.717, 1.165) is 51.6 Å². The quantitative estimate of drug-likeness (QED) is 0.0699. The van der Waals surface area contributed by atoms with Crippen molar-refractivity contribution in [1.82, 2.24) is 21.3 Å². The molecule has 0 aromatic heterocycles. The first-order valence-corrected chi connectivity index (χ1v) is 15.5. The molecule has 1 fully saturated rings. The van der Waals surface area contributed by atoms with Crippen molar-refractivity contribution in [3.8, 4) is 0 Å². The summed E-state index contributed by atoms with van der Waals surface area (Å²) in [5.41, 5.74) is 0. The molecule has 2 unspecified atom stereocenters. The summed E-state index contributed by atoms with van der Waals surface area (Å²) in [6.07, 6.45) is 3.62. The molecule has 0 aliphatic carbocycles. The predicted molar refractivity (Wildman–Crippen MR) is 158 cm³/mol. The molecule has 43 heavy (non-hydrogen) atoms. The Morgan fingerprint density at radius 1 is 0.698 bits per heavy atom. The molecule has 0 spiro atoms. The molecule has 5 atom stereocenters. The average Bonchev–Trinajstić information content (AvgIpc) is 2.97. The third-order valence-corrected chi connectivity index (χ3v) is 7.01. The van der Waals surface area contributed by atoms with Gasteiger partial charge in [0.2, 0.25) is 23.6 Å². The minimum Gasteiger partial charge on any atom is -0.394 e. The lowest BCUT2D eigenvalue weighted by molar-refractivity contribution is -0.270. The number of carbonyl (C=O) groups is 4. The molecule has 0 aromatic rings. The van der Waals surface area contributed by atoms with Crippen LogP contribution in [-0.2, 0) is 33.4 Å². The maximum atomic E-state index is 12.0. The maximum Gasteiger partial charge on any atom is 0.221 e. The van der Waals surface area contributed by atoms with Gasteiger partial charge in [-0.1, -0.05) is 25.7 Å². The van der Waals surface area contributed by atoms with E-state index in [9.17, 15) is 34.5 Å². The van der Waals surface area contributed by atoms with Gasteiger partial charge >= 0.3 is 0 Å². The Morgan fingerprint density at radius 3 is 1.79 bits per heavy atom. The van der Waals surface area contributed by atoms with Gasteiger partial charge in [0, 0.05) is 66.1 Å². The number of ether oxygens (including phenoxy) is 3. The van der Waals surface area contributed by atoms with Crippen LogP contribution in [0.15, 0.2) is 0 Å². The van der Waals surface area contributed by atoms with Crippen molar-refractivity contribution >= 4 is 23.6 Å². The van der Waals surface area contributed by atoms with Crippen LogP contribution < -0.4 is 21.3 Å². The number of hydrogen-bond donors (Lipinski definition) is 7. The van der Waals surface area contributed by atoms with Crippen LogP contribution in [0.4, 0.5) is 0 Å². The molecular formula is C29H54N4O10. The lowest BCUT2D eigenvalue weighted by atomic mass is 9.97. The molecule has 0 bridgehead atoms. The highest BCUT2D eigenvalue weighted by atomic mass is 16.7. The molecule has 1 rings (SSSR count). The minimum atomic E-state index is -1.35. The van der Waals surface area contributed by atoms with Crippen LogP contribution in [-0.4, -0.2) is 116 Å². The van der Waals surface area contributed by atoms with Crippen LogP contribution in [0.3, 0.4) is 0 Å². The lowest BCUT2D eigenvalue weighted by Crippen LogP contribution is -2.64. The fourth-order valence-corrected chi connectivity index (χ4v) is 4.56. The number of hydrogen-bond acceptors (Lipinski definition) is 10. The molecule has 0 saturated carbocycles. The van der Waals surface area contributed by atoms with Gasteiger partial charge < -0.3 is 50.8 Å². The summed E-state index contributed by atoms with van der Waals surface area (Å²) in [6, 6.07) is -0.960. The van der Waals surface area contributed by atoms with Crippen LogP contribution in [0.5, 0.6) is 0 Å². The monoisotopic (exact) mass is 618 g/mol. The lowest BCUT2D eigenvalue weighted by Gasteiger charge is -2.42. The first-order chi connectivity index (χ1) is 20.7. The predicted octanol–water partition coefficient (Wildman–Crippen LogP) is -0.377. The van der Waals surface area contributed by atoms with E-state index in [1.807, 2.05) is 0 Å². The Kier molecular flexibility index (Phi) is 21.6. The number of carbonyl (C=O) groups excluding carboxylic acids is 4. The second-order valence-corrected chi connectivity index (χ2v) is 10.8. The number of rotatable bonds is 24. The number of aliphatic hydroxyl groups excluding tert-OH is 3. The van der Waals surface area contributed by atoms with Gasteiger partial charge in [0.05, 0.1) is 6.61 Å². The van der Waals surface area contributed by atoms with Crippen molar-refractivity contribution < 1.29 is 48.7 Å². The molecule has 250 valence electrons. The summed E-state index contributed by atoms with van der Waals surface area (Å²) in [7, 11) is 1.69. The molecule has 1 aliphatic heterocycles. The van der Waals surface area contributed by atoms with E-state index >= 15 is 0 Å². The summed E-state index contributed by atoms with van der Waals surface area (Å²) < 4.78 is 16.2. The van der Waals surface area contributed by atoms with Gasteiger partial charge in [-0.2, -0.15) is 0 Å². The molecule has 14 nitrogen and oxygen atoms in total. The number of methoxy groups -OCH3 is 1. The second-order valence-electron chi connectivity index (χ2n) is 10.8. The minimum absolute atomic E-state index is 0.0535. The highest BCUT2D eigenvalue weighted by Gasteiger charge is 2.45. The summed E-state index contributed by atoms with van der Waals surface area (Å²) >= 11 is 0. The van der Waals surface area contributed by atoms with E-state index in [1.54, 1.807) is 7.11 Å². The van der Waals surface area contributed by atoms with Gasteiger partial charge in [-0.05, 0) is 32.1 Å². The van der Waals surface area contributed by atoms with E-state index in [0.29, 0.717) is 32.4 Å². The molecule has 0 radical (unpaired) electrons. The Labute approximate surface area is 255 Å². The van der Waals surface area contributed by atoms with Gasteiger partial charge in [0.25, 0.3) is 0 Å². The molecule has 14 heteroatoms. The Bertz CT molecular complexity index is 803. The fraction of sp³-hybridized carbons (Fsp3) is 0.862. The Morgan fingerprint density at radius 2 is 1.23 bits per heavy atom. The van der Waals surface area contributed by atoms with E-state index in [2.05, 4.69) is 21.3 Å². The molecule has 1 aliphatic rings. The fourth-order valence-electron chi connectivity index (χ4n) is 4.56. The van der Waals surface area contributed by atoms with E-state index in [4.69, 9.17) is 14.2 Å². The average molecular weight is 619 g/mol. The van der Waals surface area contributed by atoms with Gasteiger partial charge in [-0.15, -0.1) is 0 Å². The normalized spacial score (nSPS) is 21.7. The van der Waals surface area contributed by atoms with Crippen LogP contribution >= 0.6 is 0 Å². The topological polar surface area (TPSA) is 205 Å². The third kappa shape index (κ3) is 18.1. The van der Waals surface area contributed by atoms with Crippen molar-refractivity contribution in [2.45, 2.75) is 115 Å². The van der Waals surface area contributed by atoms with Crippen molar-refractivity contribution in [3.63, 3.8) is 0 Å². The van der Waals surface area contributed by atoms with Gasteiger partial charge in [-0.25, -0.2) is 0 Å². The maximum absolute atomic E-state index is 12.0. The SMILES string of the molecule is COCCCCCCNC(=O)CCCC(=O)NCCC(=O)NCCCCCCO[C@@H]1OC(CO)[C@H](O)[C@H](O)C1NC(C)=O. The van der Waals surface area contributed by atoms with Gasteiger partial charge in [-0.3, -0.25) is 19.2 Å². The highest BCUT2D eigenvalue weighted by molar-refractivity contribution is 5.80. The van der Waals surface area contributed by atoms with Gasteiger partial charge in [0.1, 0.15) is 24.4 Å². The molecular weight excluding hydrogens is 564 g/mol. The molecule has 4 amide bonds. The molecule has 0 aromatic carbocycles. The van der Waals surface area contributed by atoms with Gasteiger partial charge in [0.15, 0.2) is 6.29 Å². The van der Waals surface area contributed by atoms with Crippen LogP contribution in [0.25, 0.3) is 0 Å². The summed E-state index contributed by atoms with van der Waals surface area (Å²) in [5.74, 6) is -0.793. The van der Waals surface area contributed by atoms with Crippen LogP contribution in [0.1, 0.15) is 84.0 Å². The third-order valence-electron chi connectivity index (χ3n) is 7.01. The summed E-state index contributed by atoms with van der Waals surface area (Å²) in [6.45, 7) is 3.22. The zero-order chi connectivity index (χ0) is 31.9. The van der Waals surface area contributed by atoms with Crippen molar-refractivity contribution in [3.05, 3.63) is 0 Å². The van der Waals surface area contributed by atoms with Crippen molar-refractivity contribution in [2.24, 2.45) is 0 Å². The Hall–Kier alpha value is -2.36. The van der Waals surface area contributed by atoms with Crippen LogP contribution in [0, 0.1) is 0 Å². The standard InChI is InChI=1S/C29H54N4O10/c1-21(35)33-26-28(40)27(39)22(20-34)43-29(26)42-19-10-6-4-8-16-31-25(38)14-17-32-24(37)13-11-12-23(36)30-15-7-3-5-9-18-41-2/h22,26-29,34,39-40H,3-20H2,1-2H3,(H,30,36)(H,31,38)(H,32,37)(H,33,35)/t22?,26?,27-,28+,29+/m0/s1. The smallest absolute Gasteiger partial charge is 0.221 e. The molecule has 1 saturated heterocycles. The molecule has 1 heterocycles. The molecule has 7 N–H and O–H groups in total. The summed E-state index contributed by atoms with van der Waals surface area (Å²) in [5, 5.41) is 40.6. The zero-order valence-corrected chi connectivity index (χ0v) is 25.8. The number of nitrogens with one attached hydrogen (secondary N) is 4. The zero-order valence-electron chi connectivity index (χ0n) is 25.8. The Balaban J connectivity index is 2.03. The highest BCUT2D eigenvalue weighted by Crippen LogP contribution is 2.22. The second kappa shape index (κ2) is 24.0. The van der Waals surface area contributed by atoms with Crippen molar-refractivity contribution in [2.75, 3.05) is 46.6 Å². The number of unbranched alkanes of at least 4 members (excludes halogenated alkanes) is 6.